The van der Waals surface area contributed by atoms with Crippen LogP contribution in [0.3, 0.4) is 0 Å². The van der Waals surface area contributed by atoms with Crippen LogP contribution in [0.1, 0.15) is 48.7 Å². The zero-order chi connectivity index (χ0) is 20.0. The summed E-state index contributed by atoms with van der Waals surface area (Å²) in [5.41, 5.74) is 2.56. The minimum atomic E-state index is -3.58. The van der Waals surface area contributed by atoms with E-state index in [1.54, 1.807) is 23.1 Å². The van der Waals surface area contributed by atoms with Gasteiger partial charge in [-0.15, -0.1) is 0 Å². The number of hydrogen-bond acceptors (Lipinski definition) is 4. The second kappa shape index (κ2) is 9.04. The highest BCUT2D eigenvalue weighted by molar-refractivity contribution is 7.87. The van der Waals surface area contributed by atoms with E-state index in [-0.39, 0.29) is 23.5 Å². The molecule has 2 aromatic carbocycles. The summed E-state index contributed by atoms with van der Waals surface area (Å²) in [6.07, 6.45) is 0.817. The van der Waals surface area contributed by atoms with Crippen LogP contribution in [0, 0.1) is 6.92 Å². The molecule has 146 valence electrons. The molecule has 0 bridgehead atoms. The number of carbonyl (C=O) groups excluding carboxylic acids is 1. The maximum atomic E-state index is 13.0. The van der Waals surface area contributed by atoms with Gasteiger partial charge in [0.1, 0.15) is 5.75 Å². The zero-order valence-corrected chi connectivity index (χ0v) is 17.1. The molecule has 0 unspecified atom stereocenters. The van der Waals surface area contributed by atoms with Crippen LogP contribution in [-0.2, 0) is 16.7 Å². The van der Waals surface area contributed by atoms with Gasteiger partial charge in [-0.2, -0.15) is 8.42 Å². The highest BCUT2D eigenvalue weighted by atomic mass is 32.2. The summed E-state index contributed by atoms with van der Waals surface area (Å²) < 4.78 is 28.5. The van der Waals surface area contributed by atoms with Crippen LogP contribution in [0.4, 0.5) is 0 Å². The van der Waals surface area contributed by atoms with Crippen LogP contribution in [0.5, 0.6) is 5.75 Å². The Morgan fingerprint density at radius 2 is 1.78 bits per heavy atom. The van der Waals surface area contributed by atoms with Crippen molar-refractivity contribution in [2.24, 2.45) is 0 Å². The number of amides is 1. The van der Waals surface area contributed by atoms with Gasteiger partial charge in [0.05, 0.1) is 5.75 Å². The summed E-state index contributed by atoms with van der Waals surface area (Å²) in [6, 6.07) is 14.4. The molecule has 0 aromatic heterocycles. The molecule has 0 spiro atoms. The van der Waals surface area contributed by atoms with Crippen molar-refractivity contribution in [2.75, 3.05) is 5.75 Å². The van der Waals surface area contributed by atoms with Crippen molar-refractivity contribution >= 4 is 16.0 Å². The number of aryl methyl sites for hydroxylation is 1. The number of nitrogens with zero attached hydrogens (tertiary/aromatic N) is 1. The zero-order valence-electron chi connectivity index (χ0n) is 16.3. The fourth-order valence-corrected chi connectivity index (χ4v) is 3.12. The molecular weight excluding hydrogens is 362 g/mol. The number of rotatable bonds is 8. The van der Waals surface area contributed by atoms with Crippen LogP contribution >= 0.6 is 0 Å². The molecule has 5 nitrogen and oxygen atoms in total. The van der Waals surface area contributed by atoms with Crippen molar-refractivity contribution in [1.82, 2.24) is 4.90 Å². The predicted octanol–water partition coefficient (Wildman–Crippen LogP) is 4.16. The van der Waals surface area contributed by atoms with Gasteiger partial charge in [0, 0.05) is 18.2 Å². The van der Waals surface area contributed by atoms with Crippen LogP contribution in [0.15, 0.2) is 48.5 Å². The quantitative estimate of drug-likeness (QED) is 0.636. The molecule has 2 aromatic rings. The lowest BCUT2D eigenvalue weighted by Gasteiger charge is -2.29. The smallest absolute Gasteiger partial charge is 0.308 e. The maximum absolute atomic E-state index is 13.0. The molecular formula is C21H27NO4S. The molecule has 0 fully saturated rings. The van der Waals surface area contributed by atoms with E-state index < -0.39 is 10.1 Å². The minimum absolute atomic E-state index is 0.0442. The molecule has 0 saturated carbocycles. The molecule has 0 saturated heterocycles. The third-order valence-electron chi connectivity index (χ3n) is 4.51. The first-order valence-electron chi connectivity index (χ1n) is 9.14. The lowest BCUT2D eigenvalue weighted by Crippen LogP contribution is -2.37. The van der Waals surface area contributed by atoms with Crippen molar-refractivity contribution in [3.05, 3.63) is 65.2 Å². The second-order valence-corrected chi connectivity index (χ2v) is 8.49. The average Bonchev–Trinajstić information content (AvgIpc) is 2.65. The third kappa shape index (κ3) is 5.82. The molecule has 1 amide bonds. The van der Waals surface area contributed by atoms with Crippen molar-refractivity contribution in [3.8, 4) is 5.75 Å². The van der Waals surface area contributed by atoms with Gasteiger partial charge in [-0.3, -0.25) is 4.79 Å². The highest BCUT2D eigenvalue weighted by Gasteiger charge is 2.21. The van der Waals surface area contributed by atoms with Gasteiger partial charge in [0.15, 0.2) is 0 Å². The monoisotopic (exact) mass is 389 g/mol. The number of hydrogen-bond donors (Lipinski definition) is 0. The highest BCUT2D eigenvalue weighted by Crippen LogP contribution is 2.20. The van der Waals surface area contributed by atoms with Gasteiger partial charge in [-0.1, -0.05) is 36.8 Å². The molecule has 0 aliphatic carbocycles. The van der Waals surface area contributed by atoms with E-state index in [0.717, 1.165) is 17.5 Å². The van der Waals surface area contributed by atoms with Crippen molar-refractivity contribution in [3.63, 3.8) is 0 Å². The molecule has 0 N–H and O–H groups in total. The van der Waals surface area contributed by atoms with Crippen molar-refractivity contribution < 1.29 is 17.4 Å². The van der Waals surface area contributed by atoms with Gasteiger partial charge in [0.2, 0.25) is 0 Å². The van der Waals surface area contributed by atoms with E-state index in [2.05, 4.69) is 0 Å². The van der Waals surface area contributed by atoms with E-state index in [4.69, 9.17) is 4.18 Å². The Labute approximate surface area is 162 Å². The van der Waals surface area contributed by atoms with E-state index in [0.29, 0.717) is 12.1 Å². The van der Waals surface area contributed by atoms with Gasteiger partial charge in [-0.05, 0) is 57.0 Å². The van der Waals surface area contributed by atoms with Gasteiger partial charge < -0.3 is 9.08 Å². The average molecular weight is 390 g/mol. The van der Waals surface area contributed by atoms with E-state index in [9.17, 15) is 13.2 Å². The molecule has 0 radical (unpaired) electrons. The van der Waals surface area contributed by atoms with Crippen LogP contribution in [0.25, 0.3) is 0 Å². The summed E-state index contributed by atoms with van der Waals surface area (Å²) in [4.78, 5) is 14.8. The lowest BCUT2D eigenvalue weighted by molar-refractivity contribution is 0.0671. The Bertz CT molecular complexity index is 875. The lowest BCUT2D eigenvalue weighted by atomic mass is 10.1. The van der Waals surface area contributed by atoms with E-state index >= 15 is 0 Å². The number of carbonyl (C=O) groups is 1. The standard InChI is InChI=1S/C21H27NO4S/c1-5-17(4)22(21(23)19-12-10-16(3)11-13-19)15-18-8-7-9-20(14-18)26-27(24,25)6-2/h7-14,17H,5-6,15H2,1-4H3/t17-/m1/s1. The fraction of sp³-hybridized carbons (Fsp3) is 0.381. The van der Waals surface area contributed by atoms with E-state index in [1.165, 1.54) is 6.92 Å². The second-order valence-electron chi connectivity index (χ2n) is 6.63. The first-order valence-corrected chi connectivity index (χ1v) is 10.7. The summed E-state index contributed by atoms with van der Waals surface area (Å²) in [7, 11) is -3.58. The maximum Gasteiger partial charge on any atom is 0.308 e. The molecule has 0 aliphatic heterocycles. The predicted molar refractivity (Wildman–Crippen MR) is 107 cm³/mol. The Balaban J connectivity index is 2.26. The molecule has 27 heavy (non-hydrogen) atoms. The first-order chi connectivity index (χ1) is 12.8. The molecule has 0 heterocycles. The normalized spacial score (nSPS) is 12.4. The number of benzene rings is 2. The van der Waals surface area contributed by atoms with Gasteiger partial charge >= 0.3 is 10.1 Å². The van der Waals surface area contributed by atoms with E-state index in [1.807, 2.05) is 51.1 Å². The summed E-state index contributed by atoms with van der Waals surface area (Å²) >= 11 is 0. The SMILES string of the molecule is CC[C@@H](C)N(Cc1cccc(OS(=O)(=O)CC)c1)C(=O)c1ccc(C)cc1. The molecule has 1 atom stereocenters. The Morgan fingerprint density at radius 3 is 2.37 bits per heavy atom. The van der Waals surface area contributed by atoms with Crippen molar-refractivity contribution in [1.29, 1.82) is 0 Å². The van der Waals surface area contributed by atoms with Crippen molar-refractivity contribution in [2.45, 2.75) is 46.7 Å². The fourth-order valence-electron chi connectivity index (χ4n) is 2.61. The molecule has 6 heteroatoms. The van der Waals surface area contributed by atoms with Crippen LogP contribution in [-0.4, -0.2) is 31.0 Å². The first kappa shape index (κ1) is 21.0. The van der Waals surface area contributed by atoms with Crippen LogP contribution < -0.4 is 4.18 Å². The summed E-state index contributed by atoms with van der Waals surface area (Å²) in [5, 5.41) is 0. The topological polar surface area (TPSA) is 63.7 Å². The summed E-state index contributed by atoms with van der Waals surface area (Å²) in [6.45, 7) is 7.94. The van der Waals surface area contributed by atoms with Gasteiger partial charge in [0.25, 0.3) is 5.91 Å². The Morgan fingerprint density at radius 1 is 1.11 bits per heavy atom. The Hall–Kier alpha value is -2.34. The minimum Gasteiger partial charge on any atom is -0.382 e. The summed E-state index contributed by atoms with van der Waals surface area (Å²) in [5.74, 6) is 0.125. The largest absolute Gasteiger partial charge is 0.382 e. The third-order valence-corrected chi connectivity index (χ3v) is 5.66. The van der Waals surface area contributed by atoms with Crippen LogP contribution in [0.2, 0.25) is 0 Å². The van der Waals surface area contributed by atoms with Gasteiger partial charge in [-0.25, -0.2) is 0 Å². The molecule has 2 rings (SSSR count). The Kier molecular flexibility index (Phi) is 7.02. The molecule has 0 aliphatic rings.